The van der Waals surface area contributed by atoms with Crippen LogP contribution in [-0.2, 0) is 4.79 Å². The Labute approximate surface area is 151 Å². The molecule has 2 rings (SSSR count). The minimum absolute atomic E-state index is 0.213. The maximum absolute atomic E-state index is 11.9. The number of ether oxygens (including phenoxy) is 1. The third-order valence-corrected chi connectivity index (χ3v) is 3.91. The van der Waals surface area contributed by atoms with Crippen molar-refractivity contribution >= 4 is 46.6 Å². The summed E-state index contributed by atoms with van der Waals surface area (Å²) in [5.41, 5.74) is 2.51. The fraction of sp³-hybridized carbons (Fsp3) is 0.111. The summed E-state index contributed by atoms with van der Waals surface area (Å²) in [5, 5.41) is 6.40. The van der Waals surface area contributed by atoms with Crippen LogP contribution in [0.1, 0.15) is 11.1 Å². The molecule has 2 N–H and O–H groups in total. The molecule has 0 atom stereocenters. The van der Waals surface area contributed by atoms with Crippen LogP contribution in [0.3, 0.4) is 0 Å². The first kappa shape index (κ1) is 18.0. The molecule has 2 aromatic rings. The maximum atomic E-state index is 11.9. The topological polar surface area (TPSA) is 50.4 Å². The van der Waals surface area contributed by atoms with Crippen molar-refractivity contribution in [2.24, 2.45) is 0 Å². The van der Waals surface area contributed by atoms with E-state index < -0.39 is 0 Å². The molecule has 4 nitrogen and oxygen atoms in total. The third kappa shape index (κ3) is 5.08. The van der Waals surface area contributed by atoms with E-state index in [0.717, 1.165) is 22.6 Å². The molecule has 0 bridgehead atoms. The average molecular weight is 361 g/mol. The van der Waals surface area contributed by atoms with Gasteiger partial charge < -0.3 is 10.1 Å². The van der Waals surface area contributed by atoms with Gasteiger partial charge in [0, 0.05) is 16.8 Å². The second kappa shape index (κ2) is 8.47. The number of nitrogens with one attached hydrogen (secondary N) is 2. The Bertz CT molecular complexity index is 773. The average Bonchev–Trinajstić information content (AvgIpc) is 2.57. The summed E-state index contributed by atoms with van der Waals surface area (Å²) >= 11 is 11.2. The highest BCUT2D eigenvalue weighted by Gasteiger charge is 2.05. The third-order valence-electron chi connectivity index (χ3n) is 3.30. The molecule has 0 aliphatic carbocycles. The number of thiocarbonyl (C=S) groups is 1. The highest BCUT2D eigenvalue weighted by molar-refractivity contribution is 7.80. The van der Waals surface area contributed by atoms with Crippen LogP contribution in [0.5, 0.6) is 5.75 Å². The fourth-order valence-corrected chi connectivity index (χ4v) is 2.32. The molecule has 6 heteroatoms. The highest BCUT2D eigenvalue weighted by atomic mass is 35.5. The minimum Gasteiger partial charge on any atom is -0.497 e. The van der Waals surface area contributed by atoms with Gasteiger partial charge in [-0.1, -0.05) is 29.8 Å². The Morgan fingerprint density at radius 2 is 1.92 bits per heavy atom. The van der Waals surface area contributed by atoms with E-state index in [2.05, 4.69) is 10.6 Å². The molecule has 0 saturated carbocycles. The quantitative estimate of drug-likeness (QED) is 0.634. The molecule has 0 spiro atoms. The van der Waals surface area contributed by atoms with Crippen molar-refractivity contribution in [3.05, 3.63) is 64.7 Å². The van der Waals surface area contributed by atoms with E-state index in [9.17, 15) is 4.79 Å². The van der Waals surface area contributed by atoms with E-state index in [1.165, 1.54) is 6.08 Å². The largest absolute Gasteiger partial charge is 0.497 e. The van der Waals surface area contributed by atoms with Crippen LogP contribution in [0.4, 0.5) is 5.69 Å². The standard InChI is InChI=1S/C18H17ClN2O2S/c1-12-15(19)4-3-5-16(12)20-18(24)21-17(22)11-8-13-6-9-14(23-2)10-7-13/h3-11H,1-2H3,(H2,20,21,22,24). The van der Waals surface area contributed by atoms with Gasteiger partial charge in [-0.25, -0.2) is 0 Å². The normalized spacial score (nSPS) is 10.5. The number of rotatable bonds is 4. The van der Waals surface area contributed by atoms with E-state index in [-0.39, 0.29) is 11.0 Å². The Balaban J connectivity index is 1.92. The van der Waals surface area contributed by atoms with Crippen LogP contribution in [0.15, 0.2) is 48.5 Å². The van der Waals surface area contributed by atoms with Gasteiger partial charge in [0.15, 0.2) is 5.11 Å². The maximum Gasteiger partial charge on any atom is 0.250 e. The van der Waals surface area contributed by atoms with E-state index in [1.807, 2.05) is 43.3 Å². The van der Waals surface area contributed by atoms with E-state index >= 15 is 0 Å². The van der Waals surface area contributed by atoms with Crippen molar-refractivity contribution in [3.8, 4) is 5.75 Å². The Morgan fingerprint density at radius 1 is 1.21 bits per heavy atom. The van der Waals surface area contributed by atoms with Crippen LogP contribution in [0.2, 0.25) is 5.02 Å². The summed E-state index contributed by atoms with van der Waals surface area (Å²) in [7, 11) is 1.61. The first-order valence-corrected chi connectivity index (χ1v) is 7.97. The molecule has 124 valence electrons. The monoisotopic (exact) mass is 360 g/mol. The van der Waals surface area contributed by atoms with Crippen LogP contribution in [0, 0.1) is 6.92 Å². The smallest absolute Gasteiger partial charge is 0.250 e. The molecule has 0 saturated heterocycles. The number of benzene rings is 2. The van der Waals surface area contributed by atoms with Gasteiger partial charge >= 0.3 is 0 Å². The number of anilines is 1. The zero-order chi connectivity index (χ0) is 17.5. The molecule has 2 aromatic carbocycles. The zero-order valence-electron chi connectivity index (χ0n) is 13.3. The summed E-state index contributed by atoms with van der Waals surface area (Å²) in [6.45, 7) is 1.87. The fourth-order valence-electron chi connectivity index (χ4n) is 1.94. The first-order valence-electron chi connectivity index (χ1n) is 7.19. The molecule has 0 aromatic heterocycles. The summed E-state index contributed by atoms with van der Waals surface area (Å²) < 4.78 is 5.08. The molecule has 24 heavy (non-hydrogen) atoms. The van der Waals surface area contributed by atoms with Crippen LogP contribution >= 0.6 is 23.8 Å². The molecule has 0 radical (unpaired) electrons. The van der Waals surface area contributed by atoms with Crippen LogP contribution < -0.4 is 15.4 Å². The first-order chi connectivity index (χ1) is 11.5. The summed E-state index contributed by atoms with van der Waals surface area (Å²) in [5.74, 6) is 0.446. The van der Waals surface area contributed by atoms with Crippen molar-refractivity contribution in [2.45, 2.75) is 6.92 Å². The molecule has 0 aliphatic heterocycles. The number of hydrogen-bond acceptors (Lipinski definition) is 3. The number of methoxy groups -OCH3 is 1. The SMILES string of the molecule is COc1ccc(C=CC(=O)NC(=S)Nc2cccc(Cl)c2C)cc1. The Hall–Kier alpha value is -2.37. The number of amides is 1. The van der Waals surface area contributed by atoms with Gasteiger partial charge in [-0.05, 0) is 60.6 Å². The van der Waals surface area contributed by atoms with Crippen molar-refractivity contribution in [2.75, 3.05) is 12.4 Å². The molecule has 0 aliphatic rings. The number of carbonyl (C=O) groups is 1. The Kier molecular flexibility index (Phi) is 6.35. The van der Waals surface area contributed by atoms with Crippen LogP contribution in [0.25, 0.3) is 6.08 Å². The predicted octanol–water partition coefficient (Wildman–Crippen LogP) is 4.18. The molecule has 0 fully saturated rings. The van der Waals surface area contributed by atoms with Crippen molar-refractivity contribution in [1.29, 1.82) is 0 Å². The predicted molar refractivity (Wildman–Crippen MR) is 103 cm³/mol. The second-order valence-corrected chi connectivity index (χ2v) is 5.78. The second-order valence-electron chi connectivity index (χ2n) is 4.96. The van der Waals surface area contributed by atoms with Gasteiger partial charge in [0.2, 0.25) is 5.91 Å². The Morgan fingerprint density at radius 3 is 2.58 bits per heavy atom. The lowest BCUT2D eigenvalue weighted by atomic mass is 10.2. The molecule has 0 unspecified atom stereocenters. The molecule has 0 heterocycles. The van der Waals surface area contributed by atoms with Crippen molar-refractivity contribution in [3.63, 3.8) is 0 Å². The van der Waals surface area contributed by atoms with Crippen molar-refractivity contribution in [1.82, 2.24) is 5.32 Å². The zero-order valence-corrected chi connectivity index (χ0v) is 14.9. The van der Waals surface area contributed by atoms with E-state index in [0.29, 0.717) is 5.02 Å². The van der Waals surface area contributed by atoms with Crippen LogP contribution in [-0.4, -0.2) is 18.1 Å². The number of carbonyl (C=O) groups excluding carboxylic acids is 1. The van der Waals surface area contributed by atoms with Gasteiger partial charge in [0.05, 0.1) is 7.11 Å². The summed E-state index contributed by atoms with van der Waals surface area (Å²) in [6, 6.07) is 12.8. The number of hydrogen-bond donors (Lipinski definition) is 2. The summed E-state index contributed by atoms with van der Waals surface area (Å²) in [4.78, 5) is 11.9. The van der Waals surface area contributed by atoms with Crippen molar-refractivity contribution < 1.29 is 9.53 Å². The van der Waals surface area contributed by atoms with Gasteiger partial charge in [-0.2, -0.15) is 0 Å². The lowest BCUT2D eigenvalue weighted by Gasteiger charge is -2.11. The molecular formula is C18H17ClN2O2S. The minimum atomic E-state index is -0.317. The summed E-state index contributed by atoms with van der Waals surface area (Å²) in [6.07, 6.45) is 3.11. The lowest BCUT2D eigenvalue weighted by molar-refractivity contribution is -0.115. The van der Waals surface area contributed by atoms with Gasteiger partial charge in [0.1, 0.15) is 5.75 Å². The lowest BCUT2D eigenvalue weighted by Crippen LogP contribution is -2.33. The highest BCUT2D eigenvalue weighted by Crippen LogP contribution is 2.22. The van der Waals surface area contributed by atoms with E-state index in [4.69, 9.17) is 28.6 Å². The molecular weight excluding hydrogens is 344 g/mol. The van der Waals surface area contributed by atoms with Gasteiger partial charge in [-0.15, -0.1) is 0 Å². The van der Waals surface area contributed by atoms with Gasteiger partial charge in [-0.3, -0.25) is 10.1 Å². The van der Waals surface area contributed by atoms with Gasteiger partial charge in [0.25, 0.3) is 0 Å². The van der Waals surface area contributed by atoms with E-state index in [1.54, 1.807) is 19.3 Å². The number of halogens is 1. The molecule has 1 amide bonds.